The van der Waals surface area contributed by atoms with E-state index in [2.05, 4.69) is 0 Å². The van der Waals surface area contributed by atoms with Crippen molar-refractivity contribution < 1.29 is 13.5 Å². The van der Waals surface area contributed by atoms with Gasteiger partial charge in [0.2, 0.25) is 0 Å². The van der Waals surface area contributed by atoms with Gasteiger partial charge in [-0.25, -0.2) is 8.78 Å². The van der Waals surface area contributed by atoms with Crippen molar-refractivity contribution in [2.75, 3.05) is 13.7 Å². The van der Waals surface area contributed by atoms with Gasteiger partial charge in [0.15, 0.2) is 0 Å². The number of hydrogen-bond donors (Lipinski definition) is 0. The van der Waals surface area contributed by atoms with Gasteiger partial charge in [-0.05, 0) is 17.9 Å². The summed E-state index contributed by atoms with van der Waals surface area (Å²) in [6.45, 7) is 5.42. The highest BCUT2D eigenvalue weighted by Gasteiger charge is 2.18. The Labute approximate surface area is 78.8 Å². The summed E-state index contributed by atoms with van der Waals surface area (Å²) in [7, 11) is 1.61. The van der Waals surface area contributed by atoms with Gasteiger partial charge in [0.05, 0.1) is 6.61 Å². The maximum atomic E-state index is 12.4. The molecule has 0 radical (unpaired) electrons. The highest BCUT2D eigenvalue weighted by molar-refractivity contribution is 4.94. The molecule has 0 aliphatic carbocycles. The van der Waals surface area contributed by atoms with Crippen molar-refractivity contribution in [1.82, 2.24) is 0 Å². The van der Waals surface area contributed by atoms with Crippen molar-refractivity contribution in [2.24, 2.45) is 5.41 Å². The van der Waals surface area contributed by atoms with Gasteiger partial charge < -0.3 is 4.74 Å². The topological polar surface area (TPSA) is 9.23 Å². The average molecular weight is 192 g/mol. The molecule has 0 spiro atoms. The first kappa shape index (κ1) is 12.6. The minimum atomic E-state index is -2.71. The first-order chi connectivity index (χ1) is 5.77. The molecule has 0 heterocycles. The zero-order valence-corrected chi connectivity index (χ0v) is 8.73. The van der Waals surface area contributed by atoms with E-state index in [-0.39, 0.29) is 5.41 Å². The normalized spacial score (nSPS) is 14.0. The van der Waals surface area contributed by atoms with Gasteiger partial charge in [-0.1, -0.05) is 19.9 Å². The lowest BCUT2D eigenvalue weighted by Crippen LogP contribution is -2.17. The molecule has 13 heavy (non-hydrogen) atoms. The molecular formula is C10H18F2O. The molecule has 0 unspecified atom stereocenters. The lowest BCUT2D eigenvalue weighted by Gasteiger charge is -2.21. The molecule has 0 rings (SSSR count). The lowest BCUT2D eigenvalue weighted by atomic mass is 9.90. The molecule has 3 heteroatoms. The maximum absolute atomic E-state index is 12.4. The molecule has 0 aliphatic heterocycles. The largest absolute Gasteiger partial charge is 0.384 e. The fraction of sp³-hybridized carbons (Fsp3) is 0.800. The molecule has 0 atom stereocenters. The summed E-state index contributed by atoms with van der Waals surface area (Å²) in [5.41, 5.74) is -0.0729. The number of ether oxygens (including phenoxy) is 1. The summed E-state index contributed by atoms with van der Waals surface area (Å²) in [5.74, 6) is -2.71. The van der Waals surface area contributed by atoms with Crippen molar-refractivity contribution in [2.45, 2.75) is 33.1 Å². The van der Waals surface area contributed by atoms with E-state index in [9.17, 15) is 8.78 Å². The first-order valence-electron chi connectivity index (χ1n) is 4.31. The molecule has 0 aromatic heterocycles. The van der Waals surface area contributed by atoms with Crippen LogP contribution in [0, 0.1) is 5.41 Å². The average Bonchev–Trinajstić information content (AvgIpc) is 1.82. The highest BCUT2D eigenvalue weighted by Crippen LogP contribution is 2.22. The van der Waals surface area contributed by atoms with E-state index in [1.54, 1.807) is 7.11 Å². The van der Waals surface area contributed by atoms with Crippen LogP contribution in [0.5, 0.6) is 0 Å². The first-order valence-corrected chi connectivity index (χ1v) is 4.31. The smallest absolute Gasteiger partial charge is 0.263 e. The molecule has 0 amide bonds. The lowest BCUT2D eigenvalue weighted by molar-refractivity contribution is 0.0757. The molecule has 0 aliphatic rings. The van der Waals surface area contributed by atoms with Gasteiger partial charge >= 0.3 is 0 Å². The standard InChI is InChI=1S/C10H18F2O/c1-9(2,8-13-4)6-5-7-10(3,11)12/h5,7H,6,8H2,1-4H3. The highest BCUT2D eigenvalue weighted by atomic mass is 19.3. The Morgan fingerprint density at radius 3 is 2.15 bits per heavy atom. The van der Waals surface area contributed by atoms with Crippen molar-refractivity contribution in [1.29, 1.82) is 0 Å². The maximum Gasteiger partial charge on any atom is 0.263 e. The fourth-order valence-corrected chi connectivity index (χ4v) is 1.03. The second-order valence-corrected chi connectivity index (χ2v) is 4.16. The Morgan fingerprint density at radius 1 is 1.23 bits per heavy atom. The van der Waals surface area contributed by atoms with Crippen LogP contribution in [0.2, 0.25) is 0 Å². The Morgan fingerprint density at radius 2 is 1.77 bits per heavy atom. The molecule has 0 aromatic rings. The SMILES string of the molecule is COCC(C)(C)CC=CC(C)(F)F. The van der Waals surface area contributed by atoms with Crippen LogP contribution in [-0.2, 0) is 4.74 Å². The summed E-state index contributed by atoms with van der Waals surface area (Å²) in [5, 5.41) is 0. The van der Waals surface area contributed by atoms with E-state index in [1.165, 1.54) is 6.08 Å². The zero-order valence-electron chi connectivity index (χ0n) is 8.73. The van der Waals surface area contributed by atoms with Crippen LogP contribution in [0.3, 0.4) is 0 Å². The second-order valence-electron chi connectivity index (χ2n) is 4.16. The number of allylic oxidation sites excluding steroid dienone is 2. The van der Waals surface area contributed by atoms with E-state index in [4.69, 9.17) is 4.74 Å². The van der Waals surface area contributed by atoms with Gasteiger partial charge in [-0.2, -0.15) is 0 Å². The molecule has 0 aromatic carbocycles. The van der Waals surface area contributed by atoms with Crippen LogP contribution >= 0.6 is 0 Å². The van der Waals surface area contributed by atoms with Crippen LogP contribution in [0.1, 0.15) is 27.2 Å². The Kier molecular flexibility index (Phi) is 4.54. The molecule has 0 saturated heterocycles. The van der Waals surface area contributed by atoms with Crippen molar-refractivity contribution in [3.05, 3.63) is 12.2 Å². The van der Waals surface area contributed by atoms with E-state index in [0.717, 1.165) is 13.0 Å². The predicted molar refractivity (Wildman–Crippen MR) is 50.0 cm³/mol. The van der Waals surface area contributed by atoms with Gasteiger partial charge in [-0.3, -0.25) is 0 Å². The molecule has 1 nitrogen and oxygen atoms in total. The molecule has 0 saturated carbocycles. The molecule has 0 bridgehead atoms. The summed E-state index contributed by atoms with van der Waals surface area (Å²) in [4.78, 5) is 0. The van der Waals surface area contributed by atoms with Crippen LogP contribution in [0.4, 0.5) is 8.78 Å². The number of hydrogen-bond acceptors (Lipinski definition) is 1. The summed E-state index contributed by atoms with van der Waals surface area (Å²) in [6.07, 6.45) is 3.05. The summed E-state index contributed by atoms with van der Waals surface area (Å²) in [6, 6.07) is 0. The zero-order chi connectivity index (χ0) is 10.5. The molecule has 78 valence electrons. The summed E-state index contributed by atoms with van der Waals surface area (Å²) < 4.78 is 29.7. The van der Waals surface area contributed by atoms with Gasteiger partial charge in [0.25, 0.3) is 5.92 Å². The fourth-order valence-electron chi connectivity index (χ4n) is 1.03. The number of rotatable bonds is 5. The van der Waals surface area contributed by atoms with Crippen molar-refractivity contribution >= 4 is 0 Å². The minimum Gasteiger partial charge on any atom is -0.384 e. The third-order valence-electron chi connectivity index (χ3n) is 1.62. The van der Waals surface area contributed by atoms with Crippen LogP contribution in [0.25, 0.3) is 0 Å². The minimum absolute atomic E-state index is 0.0729. The Balaban J connectivity index is 3.94. The molecule has 0 fully saturated rings. The Hall–Kier alpha value is -0.440. The van der Waals surface area contributed by atoms with Crippen molar-refractivity contribution in [3.8, 4) is 0 Å². The number of methoxy groups -OCH3 is 1. The van der Waals surface area contributed by atoms with Crippen molar-refractivity contribution in [3.63, 3.8) is 0 Å². The van der Waals surface area contributed by atoms with E-state index >= 15 is 0 Å². The Bertz CT molecular complexity index is 168. The number of halogens is 2. The third kappa shape index (κ3) is 7.91. The van der Waals surface area contributed by atoms with Crippen LogP contribution < -0.4 is 0 Å². The van der Waals surface area contributed by atoms with Crippen LogP contribution in [0.15, 0.2) is 12.2 Å². The summed E-state index contributed by atoms with van der Waals surface area (Å²) >= 11 is 0. The monoisotopic (exact) mass is 192 g/mol. The number of alkyl halides is 2. The quantitative estimate of drug-likeness (QED) is 0.607. The van der Waals surface area contributed by atoms with Crippen LogP contribution in [-0.4, -0.2) is 19.6 Å². The van der Waals surface area contributed by atoms with E-state index in [1.807, 2.05) is 13.8 Å². The predicted octanol–water partition coefficient (Wildman–Crippen LogP) is 3.26. The third-order valence-corrected chi connectivity index (χ3v) is 1.62. The van der Waals surface area contributed by atoms with Gasteiger partial charge in [0.1, 0.15) is 0 Å². The van der Waals surface area contributed by atoms with Gasteiger partial charge in [0, 0.05) is 14.0 Å². The van der Waals surface area contributed by atoms with Gasteiger partial charge in [-0.15, -0.1) is 0 Å². The van der Waals surface area contributed by atoms with E-state index < -0.39 is 5.92 Å². The molecular weight excluding hydrogens is 174 g/mol. The molecule has 0 N–H and O–H groups in total. The van der Waals surface area contributed by atoms with E-state index in [0.29, 0.717) is 13.0 Å². The second kappa shape index (κ2) is 4.70.